The third-order valence-corrected chi connectivity index (χ3v) is 4.35. The van der Waals surface area contributed by atoms with Crippen molar-refractivity contribution in [3.05, 3.63) is 28.2 Å². The molecule has 0 spiro atoms. The van der Waals surface area contributed by atoms with Crippen LogP contribution in [0.5, 0.6) is 5.75 Å². The number of unbranched alkanes of at least 4 members (excludes halogenated alkanes) is 8. The molecule has 0 N–H and O–H groups in total. The fraction of sp³-hybridized carbons (Fsp3) is 0.611. The van der Waals surface area contributed by atoms with E-state index in [-0.39, 0.29) is 5.97 Å². The van der Waals surface area contributed by atoms with Gasteiger partial charge in [-0.3, -0.25) is 4.79 Å². The van der Waals surface area contributed by atoms with Crippen molar-refractivity contribution >= 4 is 29.2 Å². The smallest absolute Gasteiger partial charge is 0.311 e. The van der Waals surface area contributed by atoms with Crippen molar-refractivity contribution in [2.45, 2.75) is 71.1 Å². The molecular weight excluding hydrogens is 319 g/mol. The van der Waals surface area contributed by atoms with Crippen molar-refractivity contribution in [3.63, 3.8) is 0 Å². The van der Waals surface area contributed by atoms with Crippen LogP contribution in [0.1, 0.15) is 71.1 Å². The highest BCUT2D eigenvalue weighted by molar-refractivity contribution is 6.42. The molecular formula is C18H26Cl2O2. The summed E-state index contributed by atoms with van der Waals surface area (Å²) < 4.78 is 5.24. The minimum atomic E-state index is -0.207. The summed E-state index contributed by atoms with van der Waals surface area (Å²) in [6.07, 6.45) is 11.5. The van der Waals surface area contributed by atoms with Crippen LogP contribution in [0.4, 0.5) is 0 Å². The van der Waals surface area contributed by atoms with E-state index in [0.29, 0.717) is 22.2 Å². The van der Waals surface area contributed by atoms with E-state index >= 15 is 0 Å². The van der Waals surface area contributed by atoms with Crippen LogP contribution in [0.15, 0.2) is 18.2 Å². The molecule has 1 aromatic rings. The zero-order valence-corrected chi connectivity index (χ0v) is 14.9. The van der Waals surface area contributed by atoms with Crippen LogP contribution >= 0.6 is 23.2 Å². The first-order valence-corrected chi connectivity index (χ1v) is 9.04. The third-order valence-electron chi connectivity index (χ3n) is 3.61. The molecule has 0 saturated carbocycles. The average molecular weight is 345 g/mol. The largest absolute Gasteiger partial charge is 0.426 e. The Balaban J connectivity index is 2.05. The first-order chi connectivity index (χ1) is 10.6. The van der Waals surface area contributed by atoms with Gasteiger partial charge in [0.25, 0.3) is 0 Å². The van der Waals surface area contributed by atoms with Gasteiger partial charge in [0.15, 0.2) is 0 Å². The van der Waals surface area contributed by atoms with Crippen molar-refractivity contribution in [2.75, 3.05) is 0 Å². The van der Waals surface area contributed by atoms with Crippen molar-refractivity contribution in [1.29, 1.82) is 0 Å². The van der Waals surface area contributed by atoms with Crippen LogP contribution in [-0.2, 0) is 4.79 Å². The Morgan fingerprint density at radius 1 is 0.909 bits per heavy atom. The van der Waals surface area contributed by atoms with E-state index in [4.69, 9.17) is 27.9 Å². The van der Waals surface area contributed by atoms with E-state index < -0.39 is 0 Å². The quantitative estimate of drug-likeness (QED) is 0.250. The molecule has 0 aromatic heterocycles. The first-order valence-electron chi connectivity index (χ1n) is 8.29. The van der Waals surface area contributed by atoms with Gasteiger partial charge in [-0.05, 0) is 18.6 Å². The number of hydrogen-bond donors (Lipinski definition) is 0. The van der Waals surface area contributed by atoms with Gasteiger partial charge in [-0.15, -0.1) is 0 Å². The van der Waals surface area contributed by atoms with Gasteiger partial charge in [-0.1, -0.05) is 81.5 Å². The van der Waals surface area contributed by atoms with E-state index in [9.17, 15) is 4.79 Å². The van der Waals surface area contributed by atoms with Crippen molar-refractivity contribution < 1.29 is 9.53 Å². The summed E-state index contributed by atoms with van der Waals surface area (Å²) in [6.45, 7) is 2.23. The van der Waals surface area contributed by atoms with Crippen LogP contribution in [0.3, 0.4) is 0 Å². The topological polar surface area (TPSA) is 26.3 Å². The Labute approximate surface area is 144 Å². The molecule has 0 unspecified atom stereocenters. The average Bonchev–Trinajstić information content (AvgIpc) is 2.49. The molecule has 0 heterocycles. The monoisotopic (exact) mass is 344 g/mol. The lowest BCUT2D eigenvalue weighted by molar-refractivity contribution is -0.134. The van der Waals surface area contributed by atoms with Crippen LogP contribution in [0, 0.1) is 0 Å². The molecule has 1 aromatic carbocycles. The second-order valence-corrected chi connectivity index (χ2v) is 6.44. The Bertz CT molecular complexity index is 447. The molecule has 22 heavy (non-hydrogen) atoms. The number of carbonyl (C=O) groups excluding carboxylic acids is 1. The molecule has 0 aliphatic heterocycles. The maximum atomic E-state index is 11.7. The lowest BCUT2D eigenvalue weighted by Crippen LogP contribution is -2.07. The van der Waals surface area contributed by atoms with Crippen LogP contribution in [-0.4, -0.2) is 5.97 Å². The molecule has 0 fully saturated rings. The third kappa shape index (κ3) is 8.65. The van der Waals surface area contributed by atoms with Crippen LogP contribution in [0.2, 0.25) is 10.0 Å². The van der Waals surface area contributed by atoms with Crippen LogP contribution in [0.25, 0.3) is 0 Å². The molecule has 0 aliphatic rings. The van der Waals surface area contributed by atoms with Gasteiger partial charge in [0.1, 0.15) is 5.75 Å². The number of benzene rings is 1. The van der Waals surface area contributed by atoms with E-state index in [1.807, 2.05) is 0 Å². The SMILES string of the molecule is CCCCCCCCCCCC(=O)Oc1ccc(Cl)c(Cl)c1. The minimum Gasteiger partial charge on any atom is -0.426 e. The standard InChI is InChI=1S/C18H26Cl2O2/c1-2-3-4-5-6-7-8-9-10-11-18(21)22-15-12-13-16(19)17(20)14-15/h12-14H,2-11H2,1H3. The minimum absolute atomic E-state index is 0.207. The first kappa shape index (κ1) is 19.3. The fourth-order valence-electron chi connectivity index (χ4n) is 2.30. The Morgan fingerprint density at radius 3 is 2.09 bits per heavy atom. The summed E-state index contributed by atoms with van der Waals surface area (Å²) >= 11 is 11.7. The number of ether oxygens (including phenoxy) is 1. The lowest BCUT2D eigenvalue weighted by atomic mass is 10.1. The summed E-state index contributed by atoms with van der Waals surface area (Å²) in [5, 5.41) is 0.857. The number of halogens is 2. The van der Waals surface area contributed by atoms with Crippen LogP contribution < -0.4 is 4.74 Å². The Hall–Kier alpha value is -0.730. The van der Waals surface area contributed by atoms with E-state index in [1.165, 1.54) is 44.9 Å². The van der Waals surface area contributed by atoms with Gasteiger partial charge in [0.05, 0.1) is 10.0 Å². The molecule has 1 rings (SSSR count). The van der Waals surface area contributed by atoms with E-state index in [1.54, 1.807) is 18.2 Å². The molecule has 0 atom stereocenters. The maximum Gasteiger partial charge on any atom is 0.311 e. The Morgan fingerprint density at radius 2 is 1.50 bits per heavy atom. The molecule has 0 amide bonds. The fourth-order valence-corrected chi connectivity index (χ4v) is 2.59. The van der Waals surface area contributed by atoms with Gasteiger partial charge < -0.3 is 4.74 Å². The predicted octanol–water partition coefficient (Wildman–Crippen LogP) is 6.82. The normalized spacial score (nSPS) is 10.7. The second-order valence-electron chi connectivity index (χ2n) is 5.63. The molecule has 4 heteroatoms. The maximum absolute atomic E-state index is 11.7. The number of carbonyl (C=O) groups is 1. The van der Waals surface area contributed by atoms with Crippen molar-refractivity contribution in [1.82, 2.24) is 0 Å². The zero-order valence-electron chi connectivity index (χ0n) is 13.4. The van der Waals surface area contributed by atoms with Gasteiger partial charge in [-0.2, -0.15) is 0 Å². The molecule has 124 valence electrons. The van der Waals surface area contributed by atoms with Crippen molar-refractivity contribution in [3.8, 4) is 5.75 Å². The highest BCUT2D eigenvalue weighted by Gasteiger charge is 2.06. The summed E-state index contributed by atoms with van der Waals surface area (Å²) in [4.78, 5) is 11.7. The zero-order chi connectivity index (χ0) is 16.2. The van der Waals surface area contributed by atoms with Gasteiger partial charge in [0, 0.05) is 12.5 Å². The molecule has 2 nitrogen and oxygen atoms in total. The molecule has 0 saturated heterocycles. The molecule has 0 radical (unpaired) electrons. The number of hydrogen-bond acceptors (Lipinski definition) is 2. The number of esters is 1. The lowest BCUT2D eigenvalue weighted by Gasteiger charge is -2.05. The second kappa shape index (κ2) is 11.8. The Kier molecular flexibility index (Phi) is 10.3. The highest BCUT2D eigenvalue weighted by Crippen LogP contribution is 2.26. The van der Waals surface area contributed by atoms with E-state index in [0.717, 1.165) is 12.8 Å². The summed E-state index contributed by atoms with van der Waals surface area (Å²) in [6, 6.07) is 4.85. The van der Waals surface area contributed by atoms with Gasteiger partial charge in [0.2, 0.25) is 0 Å². The molecule has 0 bridgehead atoms. The summed E-state index contributed by atoms with van der Waals surface area (Å²) in [7, 11) is 0. The predicted molar refractivity (Wildman–Crippen MR) is 93.9 cm³/mol. The molecule has 0 aliphatic carbocycles. The summed E-state index contributed by atoms with van der Waals surface area (Å²) in [5.41, 5.74) is 0. The van der Waals surface area contributed by atoms with Gasteiger partial charge >= 0.3 is 5.97 Å². The highest BCUT2D eigenvalue weighted by atomic mass is 35.5. The van der Waals surface area contributed by atoms with Crippen molar-refractivity contribution in [2.24, 2.45) is 0 Å². The van der Waals surface area contributed by atoms with Gasteiger partial charge in [-0.25, -0.2) is 0 Å². The number of rotatable bonds is 11. The summed E-state index contributed by atoms with van der Waals surface area (Å²) in [5.74, 6) is 0.247. The van der Waals surface area contributed by atoms with E-state index in [2.05, 4.69) is 6.92 Å².